The molecular weight excluding hydrogens is 389 g/mol. The number of fused-ring (bicyclic) bond motifs is 1. The van der Waals surface area contributed by atoms with Gasteiger partial charge in [0.05, 0.1) is 0 Å². The number of unbranched alkanes of at least 4 members (excludes halogenated alkanes) is 1. The number of aryl methyl sites for hydroxylation is 1. The zero-order valence-electron chi connectivity index (χ0n) is 16.8. The van der Waals surface area contributed by atoms with Crippen LogP contribution in [-0.2, 0) is 4.79 Å². The van der Waals surface area contributed by atoms with Crippen molar-refractivity contribution < 1.29 is 9.18 Å². The van der Waals surface area contributed by atoms with E-state index in [9.17, 15) is 9.18 Å². The minimum absolute atomic E-state index is 0.0341. The second-order valence-corrected chi connectivity index (χ2v) is 8.89. The molecule has 0 bridgehead atoms. The second-order valence-electron chi connectivity index (χ2n) is 7.94. The normalized spacial score (nSPS) is 19.6. The molecule has 0 radical (unpaired) electrons. The highest BCUT2D eigenvalue weighted by Gasteiger charge is 2.27. The van der Waals surface area contributed by atoms with Crippen LogP contribution in [0.1, 0.15) is 57.4 Å². The molecule has 6 nitrogen and oxygen atoms in total. The highest BCUT2D eigenvalue weighted by molar-refractivity contribution is 7.20. The Balaban J connectivity index is 1.43. The van der Waals surface area contributed by atoms with Crippen LogP contribution in [-0.4, -0.2) is 25.7 Å². The quantitative estimate of drug-likeness (QED) is 0.598. The Morgan fingerprint density at radius 2 is 2.07 bits per heavy atom. The Kier molecular flexibility index (Phi) is 5.89. The molecule has 1 saturated carbocycles. The molecule has 0 atom stereocenters. The van der Waals surface area contributed by atoms with Crippen LogP contribution in [0.25, 0.3) is 16.3 Å². The number of amides is 1. The van der Waals surface area contributed by atoms with Gasteiger partial charge in [0, 0.05) is 11.5 Å². The molecule has 2 heterocycles. The summed E-state index contributed by atoms with van der Waals surface area (Å²) in [6.45, 7) is 3.94. The summed E-state index contributed by atoms with van der Waals surface area (Å²) < 4.78 is 15.5. The molecule has 1 aliphatic rings. The van der Waals surface area contributed by atoms with Crippen LogP contribution in [0.4, 0.5) is 9.52 Å². The molecule has 0 aliphatic heterocycles. The van der Waals surface area contributed by atoms with Gasteiger partial charge >= 0.3 is 0 Å². The van der Waals surface area contributed by atoms with E-state index in [0.29, 0.717) is 27.0 Å². The van der Waals surface area contributed by atoms with Crippen LogP contribution in [0.3, 0.4) is 0 Å². The lowest BCUT2D eigenvalue weighted by Crippen LogP contribution is -2.27. The molecule has 4 rings (SSSR count). The standard InChI is InChI=1S/C21H26FN5OS/c1-3-4-5-14-7-10-15(11-8-14)19(28)23-20-26-27-18(24-25-21(27)29-20)16-9-6-13(2)17(22)12-16/h6,9,12,14-15H,3-5,7-8,10-11H2,1-2H3,(H,23,26,28). The number of hydrogen-bond donors (Lipinski definition) is 1. The average molecular weight is 416 g/mol. The maximum absolute atomic E-state index is 13.9. The monoisotopic (exact) mass is 415 g/mol. The van der Waals surface area contributed by atoms with Gasteiger partial charge in [0.2, 0.25) is 16.0 Å². The van der Waals surface area contributed by atoms with Crippen molar-refractivity contribution in [1.29, 1.82) is 0 Å². The van der Waals surface area contributed by atoms with E-state index in [0.717, 1.165) is 31.6 Å². The van der Waals surface area contributed by atoms with Gasteiger partial charge in [0.1, 0.15) is 5.82 Å². The Morgan fingerprint density at radius 1 is 1.28 bits per heavy atom. The lowest BCUT2D eigenvalue weighted by atomic mass is 9.79. The number of hydrogen-bond acceptors (Lipinski definition) is 5. The molecule has 1 fully saturated rings. The summed E-state index contributed by atoms with van der Waals surface area (Å²) >= 11 is 1.28. The van der Waals surface area contributed by atoms with Crippen molar-refractivity contribution in [3.8, 4) is 11.4 Å². The van der Waals surface area contributed by atoms with Gasteiger partial charge in [-0.2, -0.15) is 4.52 Å². The molecule has 0 saturated heterocycles. The summed E-state index contributed by atoms with van der Waals surface area (Å²) in [6.07, 6.45) is 7.94. The maximum Gasteiger partial charge on any atom is 0.236 e. The van der Waals surface area contributed by atoms with Crippen LogP contribution in [0.15, 0.2) is 18.2 Å². The highest BCUT2D eigenvalue weighted by atomic mass is 32.1. The van der Waals surface area contributed by atoms with Crippen molar-refractivity contribution in [3.05, 3.63) is 29.6 Å². The van der Waals surface area contributed by atoms with E-state index in [2.05, 4.69) is 27.5 Å². The van der Waals surface area contributed by atoms with E-state index in [1.54, 1.807) is 23.6 Å². The second kappa shape index (κ2) is 8.57. The average Bonchev–Trinajstić information content (AvgIpc) is 3.29. The Labute approximate surface area is 173 Å². The summed E-state index contributed by atoms with van der Waals surface area (Å²) in [5.74, 6) is 1.02. The third-order valence-corrected chi connectivity index (χ3v) is 6.65. The molecule has 0 unspecified atom stereocenters. The third kappa shape index (κ3) is 4.32. The largest absolute Gasteiger partial charge is 0.300 e. The van der Waals surface area contributed by atoms with Gasteiger partial charge in [0.25, 0.3) is 0 Å². The van der Waals surface area contributed by atoms with E-state index < -0.39 is 0 Å². The summed E-state index contributed by atoms with van der Waals surface area (Å²) in [4.78, 5) is 13.3. The van der Waals surface area contributed by atoms with E-state index in [1.165, 1.54) is 36.7 Å². The number of anilines is 1. The fourth-order valence-corrected chi connectivity index (χ4v) is 4.74. The maximum atomic E-state index is 13.9. The minimum atomic E-state index is -0.294. The van der Waals surface area contributed by atoms with Crippen molar-refractivity contribution in [2.24, 2.45) is 11.8 Å². The molecule has 8 heteroatoms. The molecule has 0 spiro atoms. The first-order chi connectivity index (χ1) is 14.0. The number of rotatable bonds is 6. The predicted octanol–water partition coefficient (Wildman–Crippen LogP) is 5.24. The Hall–Kier alpha value is -2.35. The topological polar surface area (TPSA) is 72.2 Å². The molecule has 1 aliphatic carbocycles. The highest BCUT2D eigenvalue weighted by Crippen LogP contribution is 2.33. The van der Waals surface area contributed by atoms with Crippen molar-refractivity contribution >= 4 is 27.3 Å². The summed E-state index contributed by atoms with van der Waals surface area (Å²) in [5, 5.41) is 16.1. The Bertz CT molecular complexity index is 1010. The van der Waals surface area contributed by atoms with Gasteiger partial charge < -0.3 is 5.32 Å². The molecular formula is C21H26FN5OS. The molecule has 1 N–H and O–H groups in total. The summed E-state index contributed by atoms with van der Waals surface area (Å²) in [5.41, 5.74) is 1.18. The van der Waals surface area contributed by atoms with Crippen molar-refractivity contribution in [2.45, 2.75) is 58.8 Å². The molecule has 1 amide bonds. The van der Waals surface area contributed by atoms with Crippen molar-refractivity contribution in [3.63, 3.8) is 0 Å². The number of nitrogens with one attached hydrogen (secondary N) is 1. The fourth-order valence-electron chi connectivity index (χ4n) is 3.99. The van der Waals surface area contributed by atoms with Crippen LogP contribution in [0.2, 0.25) is 0 Å². The first kappa shape index (κ1) is 19.9. The van der Waals surface area contributed by atoms with E-state index in [4.69, 9.17) is 0 Å². The minimum Gasteiger partial charge on any atom is -0.300 e. The summed E-state index contributed by atoms with van der Waals surface area (Å²) in [7, 11) is 0. The van der Waals surface area contributed by atoms with Gasteiger partial charge in [-0.15, -0.1) is 15.3 Å². The molecule has 1 aromatic carbocycles. The lowest BCUT2D eigenvalue weighted by Gasteiger charge is -2.27. The third-order valence-electron chi connectivity index (χ3n) is 5.83. The zero-order valence-corrected chi connectivity index (χ0v) is 17.6. The number of aromatic nitrogens is 4. The predicted molar refractivity (Wildman–Crippen MR) is 112 cm³/mol. The number of carbonyl (C=O) groups excluding carboxylic acids is 1. The van der Waals surface area contributed by atoms with Crippen LogP contribution in [0.5, 0.6) is 0 Å². The first-order valence-electron chi connectivity index (χ1n) is 10.3. The van der Waals surface area contributed by atoms with E-state index >= 15 is 0 Å². The van der Waals surface area contributed by atoms with E-state index in [1.807, 2.05) is 0 Å². The number of benzene rings is 1. The number of carbonyl (C=O) groups is 1. The zero-order chi connectivity index (χ0) is 20.4. The SMILES string of the molecule is CCCCC1CCC(C(=O)Nc2nn3c(-c4ccc(C)c(F)c4)nnc3s2)CC1. The van der Waals surface area contributed by atoms with Gasteiger partial charge in [-0.3, -0.25) is 4.79 Å². The summed E-state index contributed by atoms with van der Waals surface area (Å²) in [6, 6.07) is 4.93. The van der Waals surface area contributed by atoms with Gasteiger partial charge in [-0.05, 0) is 50.2 Å². The van der Waals surface area contributed by atoms with Gasteiger partial charge in [-0.1, -0.05) is 49.7 Å². The van der Waals surface area contributed by atoms with Crippen LogP contribution >= 0.6 is 11.3 Å². The van der Waals surface area contributed by atoms with Crippen LogP contribution in [0, 0.1) is 24.6 Å². The van der Waals surface area contributed by atoms with Crippen molar-refractivity contribution in [1.82, 2.24) is 19.8 Å². The lowest BCUT2D eigenvalue weighted by molar-refractivity contribution is -0.121. The fraction of sp³-hybridized carbons (Fsp3) is 0.524. The van der Waals surface area contributed by atoms with Crippen molar-refractivity contribution in [2.75, 3.05) is 5.32 Å². The number of nitrogens with zero attached hydrogens (tertiary/aromatic N) is 4. The van der Waals surface area contributed by atoms with Gasteiger partial charge in [-0.25, -0.2) is 4.39 Å². The smallest absolute Gasteiger partial charge is 0.236 e. The molecule has 29 heavy (non-hydrogen) atoms. The number of halogens is 1. The van der Waals surface area contributed by atoms with E-state index in [-0.39, 0.29) is 17.6 Å². The first-order valence-corrected chi connectivity index (χ1v) is 11.2. The van der Waals surface area contributed by atoms with Crippen LogP contribution < -0.4 is 5.32 Å². The Morgan fingerprint density at radius 3 is 2.79 bits per heavy atom. The molecule has 154 valence electrons. The molecule has 3 aromatic rings. The molecule has 2 aromatic heterocycles. The van der Waals surface area contributed by atoms with Gasteiger partial charge in [0.15, 0.2) is 5.82 Å².